The number of aromatic nitrogens is 2. The molecule has 1 aromatic rings. The lowest BCUT2D eigenvalue weighted by Gasteiger charge is -2.10. The maximum atomic E-state index is 5.61. The summed E-state index contributed by atoms with van der Waals surface area (Å²) in [6.45, 7) is 1.66. The van der Waals surface area contributed by atoms with Gasteiger partial charge in [0.2, 0.25) is 0 Å². The first-order chi connectivity index (χ1) is 6.84. The maximum absolute atomic E-state index is 5.61. The van der Waals surface area contributed by atoms with E-state index in [1.54, 1.807) is 6.07 Å². The van der Waals surface area contributed by atoms with Gasteiger partial charge in [-0.15, -0.1) is 10.2 Å². The molecule has 0 spiro atoms. The van der Waals surface area contributed by atoms with Gasteiger partial charge in [0.15, 0.2) is 5.15 Å². The van der Waals surface area contributed by atoms with E-state index in [2.05, 4.69) is 15.5 Å². The van der Waals surface area contributed by atoms with Crippen molar-refractivity contribution in [1.29, 1.82) is 0 Å². The second kappa shape index (κ2) is 4.57. The molecule has 1 atom stereocenters. The van der Waals surface area contributed by atoms with Crippen LogP contribution >= 0.6 is 11.6 Å². The molecule has 14 heavy (non-hydrogen) atoms. The van der Waals surface area contributed by atoms with Crippen molar-refractivity contribution < 1.29 is 4.74 Å². The first-order valence-electron chi connectivity index (χ1n) is 4.69. The van der Waals surface area contributed by atoms with E-state index in [4.69, 9.17) is 16.3 Å². The van der Waals surface area contributed by atoms with Crippen LogP contribution in [0.15, 0.2) is 12.1 Å². The van der Waals surface area contributed by atoms with Crippen LogP contribution in [0.3, 0.4) is 0 Å². The molecule has 1 aromatic heterocycles. The van der Waals surface area contributed by atoms with Crippen LogP contribution in [0.2, 0.25) is 5.15 Å². The van der Waals surface area contributed by atoms with Gasteiger partial charge in [0, 0.05) is 13.2 Å². The van der Waals surface area contributed by atoms with Crippen molar-refractivity contribution in [3.05, 3.63) is 17.3 Å². The van der Waals surface area contributed by atoms with Crippen molar-refractivity contribution >= 4 is 17.4 Å². The largest absolute Gasteiger partial charge is 0.376 e. The van der Waals surface area contributed by atoms with E-state index in [0.717, 1.165) is 31.8 Å². The molecule has 0 bridgehead atoms. The predicted molar refractivity (Wildman–Crippen MR) is 54.5 cm³/mol. The quantitative estimate of drug-likeness (QED) is 0.831. The Morgan fingerprint density at radius 1 is 1.50 bits per heavy atom. The first kappa shape index (κ1) is 9.68. The molecule has 76 valence electrons. The van der Waals surface area contributed by atoms with Gasteiger partial charge in [0.05, 0.1) is 6.10 Å². The number of anilines is 1. The SMILES string of the molecule is Clc1ccc(NC[C@@H]2CCCO2)nn1. The first-order valence-corrected chi connectivity index (χ1v) is 5.07. The van der Waals surface area contributed by atoms with Crippen LogP contribution in [0.25, 0.3) is 0 Å². The zero-order chi connectivity index (χ0) is 9.80. The zero-order valence-electron chi connectivity index (χ0n) is 7.74. The summed E-state index contributed by atoms with van der Waals surface area (Å²) in [4.78, 5) is 0. The monoisotopic (exact) mass is 213 g/mol. The highest BCUT2D eigenvalue weighted by Gasteiger charge is 2.14. The molecule has 0 aromatic carbocycles. The number of nitrogens with zero attached hydrogens (tertiary/aromatic N) is 2. The molecule has 5 heteroatoms. The predicted octanol–water partition coefficient (Wildman–Crippen LogP) is 1.72. The summed E-state index contributed by atoms with van der Waals surface area (Å²) in [6.07, 6.45) is 2.58. The molecule has 2 heterocycles. The minimum atomic E-state index is 0.312. The third-order valence-corrected chi connectivity index (χ3v) is 2.37. The number of rotatable bonds is 3. The highest BCUT2D eigenvalue weighted by atomic mass is 35.5. The van der Waals surface area contributed by atoms with Crippen LogP contribution in [0.4, 0.5) is 5.82 Å². The smallest absolute Gasteiger partial charge is 0.151 e. The van der Waals surface area contributed by atoms with E-state index < -0.39 is 0 Å². The summed E-state index contributed by atoms with van der Waals surface area (Å²) in [5.41, 5.74) is 0. The summed E-state index contributed by atoms with van der Waals surface area (Å²) in [7, 11) is 0. The van der Waals surface area contributed by atoms with Gasteiger partial charge in [-0.05, 0) is 25.0 Å². The number of halogens is 1. The molecular weight excluding hydrogens is 202 g/mol. The standard InChI is InChI=1S/C9H12ClN3O/c10-8-3-4-9(13-12-8)11-6-7-2-1-5-14-7/h3-4,7H,1-2,5-6H2,(H,11,13)/t7-/m0/s1. The molecule has 1 fully saturated rings. The van der Waals surface area contributed by atoms with Gasteiger partial charge in [0.1, 0.15) is 5.82 Å². The van der Waals surface area contributed by atoms with Crippen LogP contribution in [-0.2, 0) is 4.74 Å². The lowest BCUT2D eigenvalue weighted by molar-refractivity contribution is 0.120. The fourth-order valence-electron chi connectivity index (χ4n) is 1.43. The van der Waals surface area contributed by atoms with Gasteiger partial charge in [0.25, 0.3) is 0 Å². The molecule has 1 aliphatic heterocycles. The average molecular weight is 214 g/mol. The molecule has 4 nitrogen and oxygen atoms in total. The highest BCUT2D eigenvalue weighted by Crippen LogP contribution is 2.13. The Hall–Kier alpha value is -0.870. The molecule has 0 aliphatic carbocycles. The molecule has 1 N–H and O–H groups in total. The Labute approximate surface area is 87.6 Å². The number of ether oxygens (including phenoxy) is 1. The van der Waals surface area contributed by atoms with Crippen LogP contribution in [0.1, 0.15) is 12.8 Å². The molecule has 0 saturated carbocycles. The van der Waals surface area contributed by atoms with E-state index in [9.17, 15) is 0 Å². The van der Waals surface area contributed by atoms with E-state index in [0.29, 0.717) is 11.3 Å². The number of nitrogens with one attached hydrogen (secondary N) is 1. The second-order valence-electron chi connectivity index (χ2n) is 3.26. The van der Waals surface area contributed by atoms with Crippen molar-refractivity contribution in [2.24, 2.45) is 0 Å². The summed E-state index contributed by atoms with van der Waals surface area (Å²) in [6, 6.07) is 3.52. The molecule has 1 saturated heterocycles. The van der Waals surface area contributed by atoms with E-state index in [1.807, 2.05) is 6.07 Å². The molecule has 0 radical (unpaired) electrons. The lowest BCUT2D eigenvalue weighted by Crippen LogP contribution is -2.19. The minimum Gasteiger partial charge on any atom is -0.376 e. The average Bonchev–Trinajstić information content (AvgIpc) is 2.70. The minimum absolute atomic E-state index is 0.312. The fourth-order valence-corrected chi connectivity index (χ4v) is 1.53. The topological polar surface area (TPSA) is 47.0 Å². The molecule has 0 amide bonds. The number of hydrogen-bond acceptors (Lipinski definition) is 4. The Kier molecular flexibility index (Phi) is 3.16. The number of hydrogen-bond donors (Lipinski definition) is 1. The van der Waals surface area contributed by atoms with E-state index in [-0.39, 0.29) is 0 Å². The van der Waals surface area contributed by atoms with Crippen molar-refractivity contribution in [3.8, 4) is 0 Å². The van der Waals surface area contributed by atoms with Crippen LogP contribution < -0.4 is 5.32 Å². The normalized spacial score (nSPS) is 21.1. The Balaban J connectivity index is 1.82. The zero-order valence-corrected chi connectivity index (χ0v) is 8.50. The van der Waals surface area contributed by atoms with Crippen LogP contribution in [-0.4, -0.2) is 29.5 Å². The second-order valence-corrected chi connectivity index (χ2v) is 3.64. The van der Waals surface area contributed by atoms with Crippen LogP contribution in [0.5, 0.6) is 0 Å². The Morgan fingerprint density at radius 2 is 2.43 bits per heavy atom. The van der Waals surface area contributed by atoms with Gasteiger partial charge in [-0.3, -0.25) is 0 Å². The van der Waals surface area contributed by atoms with Crippen LogP contribution in [0, 0.1) is 0 Å². The molecule has 2 rings (SSSR count). The Morgan fingerprint density at radius 3 is 3.07 bits per heavy atom. The third kappa shape index (κ3) is 2.56. The summed E-state index contributed by atoms with van der Waals surface area (Å²) in [5, 5.41) is 11.2. The van der Waals surface area contributed by atoms with Gasteiger partial charge >= 0.3 is 0 Å². The van der Waals surface area contributed by atoms with Gasteiger partial charge in [-0.1, -0.05) is 11.6 Å². The summed E-state index contributed by atoms with van der Waals surface area (Å²) < 4.78 is 5.46. The fraction of sp³-hybridized carbons (Fsp3) is 0.556. The Bertz CT molecular complexity index is 285. The van der Waals surface area contributed by atoms with Crippen molar-refractivity contribution in [1.82, 2.24) is 10.2 Å². The van der Waals surface area contributed by atoms with E-state index in [1.165, 1.54) is 0 Å². The van der Waals surface area contributed by atoms with Crippen molar-refractivity contribution in [3.63, 3.8) is 0 Å². The lowest BCUT2D eigenvalue weighted by atomic mass is 10.2. The maximum Gasteiger partial charge on any atom is 0.151 e. The molecule has 0 unspecified atom stereocenters. The summed E-state index contributed by atoms with van der Waals surface area (Å²) in [5.74, 6) is 0.741. The van der Waals surface area contributed by atoms with Gasteiger partial charge in [-0.2, -0.15) is 0 Å². The molecular formula is C9H12ClN3O. The van der Waals surface area contributed by atoms with Crippen molar-refractivity contribution in [2.75, 3.05) is 18.5 Å². The van der Waals surface area contributed by atoms with Crippen molar-refractivity contribution in [2.45, 2.75) is 18.9 Å². The summed E-state index contributed by atoms with van der Waals surface area (Å²) >= 11 is 5.61. The third-order valence-electron chi connectivity index (χ3n) is 2.17. The molecule has 1 aliphatic rings. The highest BCUT2D eigenvalue weighted by molar-refractivity contribution is 6.29. The van der Waals surface area contributed by atoms with Gasteiger partial charge < -0.3 is 10.1 Å². The van der Waals surface area contributed by atoms with E-state index >= 15 is 0 Å². The van der Waals surface area contributed by atoms with Gasteiger partial charge in [-0.25, -0.2) is 0 Å².